The summed E-state index contributed by atoms with van der Waals surface area (Å²) in [7, 11) is 0. The number of hydrogen-bond acceptors (Lipinski definition) is 5. The molecule has 0 fully saturated rings. The quantitative estimate of drug-likeness (QED) is 0.225. The Morgan fingerprint density at radius 3 is 2.56 bits per heavy atom. The number of carbonyl (C=O) groups excluding carboxylic acids is 2. The smallest absolute Gasteiger partial charge is 0.262 e. The van der Waals surface area contributed by atoms with Crippen molar-refractivity contribution in [2.45, 2.75) is 46.6 Å². The molecule has 0 saturated heterocycles. The minimum absolute atomic E-state index is 0.126. The third-order valence-electron chi connectivity index (χ3n) is 4.82. The molecule has 1 unspecified atom stereocenters. The highest BCUT2D eigenvalue weighted by molar-refractivity contribution is 9.10. The average Bonchev–Trinajstić information content (AvgIpc) is 2.79. The second-order valence-electron chi connectivity index (χ2n) is 7.87. The number of nitrogens with zero attached hydrogens (tertiary/aromatic N) is 1. The Morgan fingerprint density at radius 2 is 1.91 bits per heavy atom. The SMILES string of the molecule is CCCCOc1c(Br)cc(C=NNC(=O)C(NC(=O)c2ccccc2F)C(C)C)cc1OCC. The van der Waals surface area contributed by atoms with Crippen LogP contribution in [0.5, 0.6) is 11.5 Å². The maximum absolute atomic E-state index is 13.9. The van der Waals surface area contributed by atoms with Crippen LogP contribution in [0.1, 0.15) is 56.5 Å². The van der Waals surface area contributed by atoms with Gasteiger partial charge in [0.05, 0.1) is 29.5 Å². The van der Waals surface area contributed by atoms with Gasteiger partial charge in [-0.3, -0.25) is 9.59 Å². The highest BCUT2D eigenvalue weighted by Crippen LogP contribution is 2.36. The molecule has 0 aromatic heterocycles. The molecule has 0 saturated carbocycles. The first-order chi connectivity index (χ1) is 16.3. The summed E-state index contributed by atoms with van der Waals surface area (Å²) < 4.78 is 26.2. The van der Waals surface area contributed by atoms with Crippen molar-refractivity contribution in [3.05, 3.63) is 57.8 Å². The van der Waals surface area contributed by atoms with Gasteiger partial charge in [-0.2, -0.15) is 5.10 Å². The lowest BCUT2D eigenvalue weighted by Gasteiger charge is -2.20. The molecule has 0 radical (unpaired) electrons. The summed E-state index contributed by atoms with van der Waals surface area (Å²) in [5, 5.41) is 6.60. The Balaban J connectivity index is 2.10. The van der Waals surface area contributed by atoms with E-state index in [1.165, 1.54) is 24.4 Å². The van der Waals surface area contributed by atoms with E-state index in [1.807, 2.05) is 6.92 Å². The molecule has 0 aliphatic rings. The van der Waals surface area contributed by atoms with E-state index >= 15 is 0 Å². The molecule has 0 bridgehead atoms. The fraction of sp³-hybridized carbons (Fsp3) is 0.400. The van der Waals surface area contributed by atoms with Gasteiger partial charge in [0.25, 0.3) is 11.8 Å². The Labute approximate surface area is 208 Å². The molecule has 34 heavy (non-hydrogen) atoms. The summed E-state index contributed by atoms with van der Waals surface area (Å²) in [6, 6.07) is 8.28. The summed E-state index contributed by atoms with van der Waals surface area (Å²) >= 11 is 3.51. The number of unbranched alkanes of at least 4 members (excludes halogenated alkanes) is 1. The molecule has 2 aromatic carbocycles. The van der Waals surface area contributed by atoms with E-state index in [9.17, 15) is 14.0 Å². The molecule has 2 N–H and O–H groups in total. The molecule has 0 aliphatic carbocycles. The molecule has 2 rings (SSSR count). The molecular weight excluding hydrogens is 505 g/mol. The second-order valence-corrected chi connectivity index (χ2v) is 8.73. The van der Waals surface area contributed by atoms with Gasteiger partial charge in [0.1, 0.15) is 11.9 Å². The molecule has 2 amide bonds. The lowest BCUT2D eigenvalue weighted by atomic mass is 10.0. The van der Waals surface area contributed by atoms with E-state index in [4.69, 9.17) is 9.47 Å². The van der Waals surface area contributed by atoms with Crippen LogP contribution in [0.25, 0.3) is 0 Å². The molecule has 0 spiro atoms. The van der Waals surface area contributed by atoms with Crippen molar-refractivity contribution in [3.8, 4) is 11.5 Å². The molecule has 2 aromatic rings. The fourth-order valence-corrected chi connectivity index (χ4v) is 3.60. The Bertz CT molecular complexity index is 1010. The summed E-state index contributed by atoms with van der Waals surface area (Å²) in [5.41, 5.74) is 3.00. The number of carbonyl (C=O) groups is 2. The molecule has 7 nitrogen and oxygen atoms in total. The van der Waals surface area contributed by atoms with Crippen LogP contribution in [0, 0.1) is 11.7 Å². The van der Waals surface area contributed by atoms with Crippen molar-refractivity contribution in [1.82, 2.24) is 10.7 Å². The van der Waals surface area contributed by atoms with E-state index in [2.05, 4.69) is 38.7 Å². The molecule has 9 heteroatoms. The van der Waals surface area contributed by atoms with Gasteiger partial charge < -0.3 is 14.8 Å². The van der Waals surface area contributed by atoms with Crippen LogP contribution < -0.4 is 20.2 Å². The van der Waals surface area contributed by atoms with Crippen molar-refractivity contribution in [2.24, 2.45) is 11.0 Å². The zero-order chi connectivity index (χ0) is 25.1. The first kappa shape index (κ1) is 27.3. The normalized spacial score (nSPS) is 12.0. The minimum atomic E-state index is -0.899. The number of ether oxygens (including phenoxy) is 2. The van der Waals surface area contributed by atoms with Gasteiger partial charge in [-0.1, -0.05) is 39.3 Å². The fourth-order valence-electron chi connectivity index (χ4n) is 3.02. The van der Waals surface area contributed by atoms with Crippen LogP contribution in [0.3, 0.4) is 0 Å². The first-order valence-electron chi connectivity index (χ1n) is 11.3. The van der Waals surface area contributed by atoms with Gasteiger partial charge in [0.15, 0.2) is 11.5 Å². The number of rotatable bonds is 12. The van der Waals surface area contributed by atoms with Crippen LogP contribution >= 0.6 is 15.9 Å². The van der Waals surface area contributed by atoms with E-state index in [-0.39, 0.29) is 11.5 Å². The van der Waals surface area contributed by atoms with Crippen molar-refractivity contribution >= 4 is 34.0 Å². The number of nitrogens with one attached hydrogen (secondary N) is 2. The summed E-state index contributed by atoms with van der Waals surface area (Å²) in [6.45, 7) is 8.56. The van der Waals surface area contributed by atoms with Gasteiger partial charge in [-0.25, -0.2) is 9.82 Å². The van der Waals surface area contributed by atoms with Crippen LogP contribution in [-0.2, 0) is 4.79 Å². The van der Waals surface area contributed by atoms with Crippen molar-refractivity contribution < 1.29 is 23.5 Å². The zero-order valence-corrected chi connectivity index (χ0v) is 21.4. The number of halogens is 2. The Kier molecular flexibility index (Phi) is 11.0. The molecule has 0 heterocycles. The predicted octanol–water partition coefficient (Wildman–Crippen LogP) is 5.07. The van der Waals surface area contributed by atoms with Crippen LogP contribution in [0.15, 0.2) is 46.0 Å². The monoisotopic (exact) mass is 535 g/mol. The van der Waals surface area contributed by atoms with Crippen molar-refractivity contribution in [1.29, 1.82) is 0 Å². The summed E-state index contributed by atoms with van der Waals surface area (Å²) in [4.78, 5) is 25.1. The summed E-state index contributed by atoms with van der Waals surface area (Å²) in [6.07, 6.45) is 3.42. The van der Waals surface area contributed by atoms with E-state index < -0.39 is 23.7 Å². The minimum Gasteiger partial charge on any atom is -0.490 e. The zero-order valence-electron chi connectivity index (χ0n) is 19.9. The highest BCUT2D eigenvalue weighted by Gasteiger charge is 2.25. The van der Waals surface area contributed by atoms with Gasteiger partial charge in [0.2, 0.25) is 0 Å². The van der Waals surface area contributed by atoms with Gasteiger partial charge in [-0.05, 0) is 65.0 Å². The molecule has 0 aliphatic heterocycles. The lowest BCUT2D eigenvalue weighted by molar-refractivity contribution is -0.123. The molecular formula is C25H31BrFN3O4. The van der Waals surface area contributed by atoms with Crippen LogP contribution in [0.2, 0.25) is 0 Å². The molecule has 1 atom stereocenters. The third kappa shape index (κ3) is 7.83. The molecule has 184 valence electrons. The first-order valence-corrected chi connectivity index (χ1v) is 12.0. The lowest BCUT2D eigenvalue weighted by Crippen LogP contribution is -2.48. The number of amides is 2. The third-order valence-corrected chi connectivity index (χ3v) is 5.41. The topological polar surface area (TPSA) is 89.0 Å². The Hall–Kier alpha value is -2.94. The van der Waals surface area contributed by atoms with Gasteiger partial charge >= 0.3 is 0 Å². The number of hydrogen-bond donors (Lipinski definition) is 2. The van der Waals surface area contributed by atoms with Crippen LogP contribution in [0.4, 0.5) is 4.39 Å². The average molecular weight is 536 g/mol. The van der Waals surface area contributed by atoms with E-state index in [0.717, 1.165) is 12.8 Å². The van der Waals surface area contributed by atoms with E-state index in [0.29, 0.717) is 34.7 Å². The maximum Gasteiger partial charge on any atom is 0.262 e. The standard InChI is InChI=1S/C25H31BrFN3O4/c1-5-7-12-34-23-19(26)13-17(14-21(23)33-6-2)15-28-30-25(32)22(16(3)4)29-24(31)18-10-8-9-11-20(18)27/h8-11,13-16,22H,5-7,12H2,1-4H3,(H,29,31)(H,30,32). The highest BCUT2D eigenvalue weighted by atomic mass is 79.9. The Morgan fingerprint density at radius 1 is 1.18 bits per heavy atom. The largest absolute Gasteiger partial charge is 0.490 e. The van der Waals surface area contributed by atoms with Crippen molar-refractivity contribution in [2.75, 3.05) is 13.2 Å². The number of benzene rings is 2. The summed E-state index contributed by atoms with van der Waals surface area (Å²) in [5.74, 6) is -0.896. The second kappa shape index (κ2) is 13.7. The van der Waals surface area contributed by atoms with Crippen molar-refractivity contribution in [3.63, 3.8) is 0 Å². The van der Waals surface area contributed by atoms with E-state index in [1.54, 1.807) is 32.0 Å². The van der Waals surface area contributed by atoms with Gasteiger partial charge in [-0.15, -0.1) is 0 Å². The predicted molar refractivity (Wildman–Crippen MR) is 134 cm³/mol. The maximum atomic E-state index is 13.9. The van der Waals surface area contributed by atoms with Gasteiger partial charge in [0, 0.05) is 0 Å². The van der Waals surface area contributed by atoms with Crippen LogP contribution in [-0.4, -0.2) is 37.3 Å². The number of hydrazone groups is 1.